The van der Waals surface area contributed by atoms with Gasteiger partial charge in [0.15, 0.2) is 5.82 Å². The van der Waals surface area contributed by atoms with Crippen molar-refractivity contribution in [1.29, 1.82) is 0 Å². The fraction of sp³-hybridized carbons (Fsp3) is 0.222. The van der Waals surface area contributed by atoms with E-state index in [1.54, 1.807) is 0 Å². The zero-order chi connectivity index (χ0) is 16.2. The maximum Gasteiger partial charge on any atom is 0.203 e. The van der Waals surface area contributed by atoms with Crippen LogP contribution < -0.4 is 0 Å². The number of benzene rings is 2. The molecule has 0 unspecified atom stereocenters. The van der Waals surface area contributed by atoms with Gasteiger partial charge in [-0.2, -0.15) is 5.10 Å². The third kappa shape index (κ3) is 3.57. The van der Waals surface area contributed by atoms with Gasteiger partial charge in [-0.15, -0.1) is 11.8 Å². The summed E-state index contributed by atoms with van der Waals surface area (Å²) in [5.41, 5.74) is 2.10. The first-order valence-electron chi connectivity index (χ1n) is 7.59. The van der Waals surface area contributed by atoms with E-state index in [1.807, 2.05) is 57.4 Å². The van der Waals surface area contributed by atoms with Crippen LogP contribution in [0.3, 0.4) is 0 Å². The van der Waals surface area contributed by atoms with E-state index >= 15 is 0 Å². The van der Waals surface area contributed by atoms with Crippen molar-refractivity contribution in [3.8, 4) is 17.1 Å². The van der Waals surface area contributed by atoms with E-state index in [-0.39, 0.29) is 0 Å². The minimum Gasteiger partial charge on any atom is -0.268 e. The SMILES string of the molecule is CC(C)SCn1nc(-c2ccccc2)n(-c2ccccc2)c1=S. The van der Waals surface area contributed by atoms with Gasteiger partial charge < -0.3 is 0 Å². The summed E-state index contributed by atoms with van der Waals surface area (Å²) in [6, 6.07) is 20.4. The summed E-state index contributed by atoms with van der Waals surface area (Å²) in [5, 5.41) is 5.32. The van der Waals surface area contributed by atoms with Gasteiger partial charge in [0.05, 0.1) is 5.88 Å². The van der Waals surface area contributed by atoms with Gasteiger partial charge in [-0.3, -0.25) is 4.57 Å². The molecule has 0 saturated carbocycles. The molecule has 0 atom stereocenters. The van der Waals surface area contributed by atoms with E-state index in [4.69, 9.17) is 17.3 Å². The highest BCUT2D eigenvalue weighted by Gasteiger charge is 2.14. The first-order chi connectivity index (χ1) is 11.2. The summed E-state index contributed by atoms with van der Waals surface area (Å²) in [7, 11) is 0. The van der Waals surface area contributed by atoms with E-state index in [0.717, 1.165) is 27.7 Å². The summed E-state index contributed by atoms with van der Waals surface area (Å²) in [6.07, 6.45) is 0. The smallest absolute Gasteiger partial charge is 0.203 e. The van der Waals surface area contributed by atoms with Crippen LogP contribution in [-0.2, 0) is 5.88 Å². The summed E-state index contributed by atoms with van der Waals surface area (Å²) < 4.78 is 4.68. The van der Waals surface area contributed by atoms with E-state index in [0.29, 0.717) is 5.25 Å². The monoisotopic (exact) mass is 341 g/mol. The lowest BCUT2D eigenvalue weighted by Gasteiger charge is -2.06. The average molecular weight is 342 g/mol. The molecule has 23 heavy (non-hydrogen) atoms. The van der Waals surface area contributed by atoms with Crippen LogP contribution in [0.1, 0.15) is 13.8 Å². The minimum absolute atomic E-state index is 0.541. The molecular formula is C18H19N3S2. The topological polar surface area (TPSA) is 22.8 Å². The van der Waals surface area contributed by atoms with Crippen molar-refractivity contribution in [1.82, 2.24) is 14.3 Å². The number of aromatic nitrogens is 3. The first kappa shape index (κ1) is 16.0. The van der Waals surface area contributed by atoms with E-state index in [1.165, 1.54) is 0 Å². The molecule has 0 amide bonds. The Morgan fingerprint density at radius 2 is 1.61 bits per heavy atom. The van der Waals surface area contributed by atoms with Crippen LogP contribution in [0, 0.1) is 4.77 Å². The maximum atomic E-state index is 5.70. The molecule has 0 N–H and O–H groups in total. The molecule has 1 heterocycles. The third-order valence-electron chi connectivity index (χ3n) is 3.42. The Balaban J connectivity index is 2.14. The molecule has 0 spiro atoms. The third-order valence-corrected chi connectivity index (χ3v) is 4.87. The van der Waals surface area contributed by atoms with Crippen LogP contribution in [0.15, 0.2) is 60.7 Å². The van der Waals surface area contributed by atoms with Gasteiger partial charge in [0, 0.05) is 16.5 Å². The fourth-order valence-corrected chi connectivity index (χ4v) is 3.29. The van der Waals surface area contributed by atoms with Gasteiger partial charge in [-0.25, -0.2) is 4.68 Å². The summed E-state index contributed by atoms with van der Waals surface area (Å²) >= 11 is 7.53. The van der Waals surface area contributed by atoms with Crippen LogP contribution >= 0.6 is 24.0 Å². The Hall–Kier alpha value is -1.85. The Morgan fingerprint density at radius 3 is 2.22 bits per heavy atom. The standard InChI is InChI=1S/C18H19N3S2/c1-14(2)23-13-20-18(22)21(16-11-7-4-8-12-16)17(19-20)15-9-5-3-6-10-15/h3-12,14H,13H2,1-2H3. The van der Waals surface area contributed by atoms with Crippen molar-refractivity contribution >= 4 is 24.0 Å². The van der Waals surface area contributed by atoms with Gasteiger partial charge in [-0.05, 0) is 24.4 Å². The molecular weight excluding hydrogens is 322 g/mol. The van der Waals surface area contributed by atoms with Gasteiger partial charge in [0.25, 0.3) is 0 Å². The molecule has 0 fully saturated rings. The van der Waals surface area contributed by atoms with Gasteiger partial charge in [0.1, 0.15) is 0 Å². The quantitative estimate of drug-likeness (QED) is 0.598. The molecule has 118 valence electrons. The van der Waals surface area contributed by atoms with Gasteiger partial charge >= 0.3 is 0 Å². The minimum atomic E-state index is 0.541. The molecule has 0 aliphatic rings. The van der Waals surface area contributed by atoms with Crippen LogP contribution in [0.4, 0.5) is 0 Å². The predicted molar refractivity (Wildman–Crippen MR) is 101 cm³/mol. The summed E-state index contributed by atoms with van der Waals surface area (Å²) in [5.74, 6) is 1.64. The lowest BCUT2D eigenvalue weighted by molar-refractivity contribution is 0.732. The summed E-state index contributed by atoms with van der Waals surface area (Å²) in [6.45, 7) is 4.36. The lowest BCUT2D eigenvalue weighted by Crippen LogP contribution is -2.01. The Bertz CT molecular complexity index is 820. The van der Waals surface area contributed by atoms with E-state index < -0.39 is 0 Å². The largest absolute Gasteiger partial charge is 0.268 e. The summed E-state index contributed by atoms with van der Waals surface area (Å²) in [4.78, 5) is 0. The van der Waals surface area contributed by atoms with Crippen molar-refractivity contribution < 1.29 is 0 Å². The lowest BCUT2D eigenvalue weighted by atomic mass is 10.2. The zero-order valence-corrected chi connectivity index (χ0v) is 14.8. The van der Waals surface area contributed by atoms with Crippen LogP contribution in [-0.4, -0.2) is 19.6 Å². The normalized spacial score (nSPS) is 11.1. The highest BCUT2D eigenvalue weighted by Crippen LogP contribution is 2.23. The molecule has 3 rings (SSSR count). The molecule has 0 radical (unpaired) electrons. The highest BCUT2D eigenvalue weighted by molar-refractivity contribution is 7.98. The Kier molecular flexibility index (Phi) is 4.98. The van der Waals surface area contributed by atoms with E-state index in [9.17, 15) is 0 Å². The number of hydrogen-bond donors (Lipinski definition) is 0. The molecule has 0 aliphatic carbocycles. The molecule has 0 aliphatic heterocycles. The number of nitrogens with zero attached hydrogens (tertiary/aromatic N) is 3. The number of para-hydroxylation sites is 1. The van der Waals surface area contributed by atoms with E-state index in [2.05, 4.69) is 38.1 Å². The van der Waals surface area contributed by atoms with Crippen LogP contribution in [0.25, 0.3) is 17.1 Å². The zero-order valence-electron chi connectivity index (χ0n) is 13.2. The first-order valence-corrected chi connectivity index (χ1v) is 9.05. The van der Waals surface area contributed by atoms with Crippen molar-refractivity contribution in [3.05, 3.63) is 65.4 Å². The second-order valence-corrected chi connectivity index (χ2v) is 7.39. The predicted octanol–water partition coefficient (Wildman–Crippen LogP) is 5.17. The molecule has 2 aromatic carbocycles. The number of thioether (sulfide) groups is 1. The van der Waals surface area contributed by atoms with Crippen LogP contribution in [0.2, 0.25) is 0 Å². The number of hydrogen-bond acceptors (Lipinski definition) is 3. The highest BCUT2D eigenvalue weighted by atomic mass is 32.2. The van der Waals surface area contributed by atoms with Crippen molar-refractivity contribution in [3.63, 3.8) is 0 Å². The maximum absolute atomic E-state index is 5.70. The molecule has 5 heteroatoms. The Labute approximate surface area is 146 Å². The second-order valence-electron chi connectivity index (χ2n) is 5.49. The Morgan fingerprint density at radius 1 is 1.00 bits per heavy atom. The molecule has 0 bridgehead atoms. The second kappa shape index (κ2) is 7.15. The molecule has 1 aromatic heterocycles. The fourth-order valence-electron chi connectivity index (χ4n) is 2.30. The molecule has 0 saturated heterocycles. The van der Waals surface area contributed by atoms with Crippen molar-refractivity contribution in [2.75, 3.05) is 0 Å². The molecule has 3 aromatic rings. The van der Waals surface area contributed by atoms with Crippen molar-refractivity contribution in [2.24, 2.45) is 0 Å². The molecule has 3 nitrogen and oxygen atoms in total. The van der Waals surface area contributed by atoms with Crippen LogP contribution in [0.5, 0.6) is 0 Å². The number of rotatable bonds is 5. The van der Waals surface area contributed by atoms with Crippen molar-refractivity contribution in [2.45, 2.75) is 25.0 Å². The van der Waals surface area contributed by atoms with Gasteiger partial charge in [0.2, 0.25) is 4.77 Å². The van der Waals surface area contributed by atoms with Gasteiger partial charge in [-0.1, -0.05) is 62.4 Å². The average Bonchev–Trinajstić information content (AvgIpc) is 2.91.